The highest BCUT2D eigenvalue weighted by Gasteiger charge is 2.21. The molecule has 0 radical (unpaired) electrons. The van der Waals surface area contributed by atoms with Crippen LogP contribution in [0.4, 0.5) is 0 Å². The Morgan fingerprint density at radius 3 is 1.28 bits per heavy atom. The number of nitrogens with zero attached hydrogens (tertiary/aromatic N) is 2. The van der Waals surface area contributed by atoms with Crippen LogP contribution in [0.1, 0.15) is 6.85 Å². The lowest BCUT2D eigenvalue weighted by molar-refractivity contribution is 1.18. The van der Waals surface area contributed by atoms with Gasteiger partial charge in [-0.15, -0.1) is 0 Å². The summed E-state index contributed by atoms with van der Waals surface area (Å²) >= 11 is 0. The molecule has 0 atom stereocenters. The van der Waals surface area contributed by atoms with Crippen LogP contribution in [-0.2, 0) is 0 Å². The van der Waals surface area contributed by atoms with Crippen molar-refractivity contribution in [2.24, 2.45) is 0 Å². The molecular formula is C48H30N2. The van der Waals surface area contributed by atoms with Crippen molar-refractivity contribution in [3.8, 4) is 22.5 Å². The van der Waals surface area contributed by atoms with Crippen LogP contribution in [-0.4, -0.2) is 9.13 Å². The largest absolute Gasteiger partial charge is 0.309 e. The van der Waals surface area contributed by atoms with E-state index in [-0.39, 0.29) is 29.9 Å². The topological polar surface area (TPSA) is 9.86 Å². The monoisotopic (exact) mass is 639 g/mol. The zero-order valence-electron chi connectivity index (χ0n) is 31.8. The van der Waals surface area contributed by atoms with Crippen LogP contribution in [0, 0.1) is 0 Å². The highest BCUT2D eigenvalue weighted by molar-refractivity contribution is 6.26. The van der Waals surface area contributed by atoms with Gasteiger partial charge in [0.15, 0.2) is 0 Å². The van der Waals surface area contributed by atoms with Gasteiger partial charge < -0.3 is 9.13 Å². The fraction of sp³-hybridized carbons (Fsp3) is 0. The van der Waals surface area contributed by atoms with Crippen molar-refractivity contribution in [3.63, 3.8) is 0 Å². The van der Waals surface area contributed by atoms with E-state index in [2.05, 4.69) is 126 Å². The molecule has 232 valence electrons. The summed E-state index contributed by atoms with van der Waals surface area (Å²) < 4.78 is 47.2. The molecule has 0 aliphatic rings. The first-order valence-electron chi connectivity index (χ1n) is 19.4. The van der Waals surface area contributed by atoms with Gasteiger partial charge >= 0.3 is 0 Å². The van der Waals surface area contributed by atoms with Gasteiger partial charge in [-0.1, -0.05) is 133 Å². The maximum atomic E-state index is 8.90. The van der Waals surface area contributed by atoms with Crippen LogP contribution >= 0.6 is 0 Å². The van der Waals surface area contributed by atoms with Crippen LogP contribution < -0.4 is 0 Å². The quantitative estimate of drug-likeness (QED) is 0.170. The van der Waals surface area contributed by atoms with E-state index >= 15 is 0 Å². The van der Waals surface area contributed by atoms with Gasteiger partial charge in [-0.05, 0) is 91.9 Å². The average Bonchev–Trinajstić information content (AvgIpc) is 3.75. The summed E-state index contributed by atoms with van der Waals surface area (Å²) in [6, 6.07) is 51.6. The molecule has 0 saturated heterocycles. The summed E-state index contributed by atoms with van der Waals surface area (Å²) in [5.41, 5.74) is 7.00. The van der Waals surface area contributed by atoms with Crippen LogP contribution in [0.2, 0.25) is 0 Å². The summed E-state index contributed by atoms with van der Waals surface area (Å²) in [4.78, 5) is 0. The van der Waals surface area contributed by atoms with E-state index < -0.39 is 6.04 Å². The van der Waals surface area contributed by atoms with Gasteiger partial charge in [-0.2, -0.15) is 0 Å². The Bertz CT molecular complexity index is 3380. The van der Waals surface area contributed by atoms with Crippen molar-refractivity contribution in [2.75, 3.05) is 0 Å². The minimum absolute atomic E-state index is 0.140. The maximum Gasteiger partial charge on any atom is 0.0645 e. The van der Waals surface area contributed by atoms with E-state index in [1.165, 1.54) is 32.3 Å². The van der Waals surface area contributed by atoms with E-state index in [1.807, 2.05) is 34.9 Å². The van der Waals surface area contributed by atoms with Gasteiger partial charge in [0.2, 0.25) is 0 Å². The van der Waals surface area contributed by atoms with Crippen molar-refractivity contribution in [1.29, 1.82) is 0 Å². The molecule has 0 fully saturated rings. The molecule has 0 spiro atoms. The maximum absolute atomic E-state index is 8.90. The number of fused-ring (bicyclic) bond motifs is 12. The smallest absolute Gasteiger partial charge is 0.0645 e. The standard InChI is InChI=1S/C48H30N2/c1-2-14-31(15-3-1)49-43-24-10-8-20-40(43)47-38(22-12-26-45(47)49)39-23-13-27-46-48(39)41-21-9-11-25-44(41)50(46)32-28-29-37-35-18-5-4-16-33(35)34-17-6-7-19-36(34)42(37)30-32/h1-30H/i1D,2D,3D,14D,15D. The molecule has 0 unspecified atom stereocenters. The van der Waals surface area contributed by atoms with Crippen LogP contribution in [0.5, 0.6) is 0 Å². The zero-order valence-corrected chi connectivity index (χ0v) is 26.8. The van der Waals surface area contributed by atoms with Crippen molar-refractivity contribution in [1.82, 2.24) is 9.13 Å². The van der Waals surface area contributed by atoms with Crippen molar-refractivity contribution >= 4 is 75.9 Å². The summed E-state index contributed by atoms with van der Waals surface area (Å²) in [6.45, 7) is 0. The molecule has 2 heterocycles. The van der Waals surface area contributed by atoms with Gasteiger partial charge in [0.05, 0.1) is 28.9 Å². The zero-order chi connectivity index (χ0) is 37.1. The Hall–Kier alpha value is -6.64. The molecule has 0 saturated carbocycles. The predicted octanol–water partition coefficient (Wildman–Crippen LogP) is 13.0. The number of hydrogen-bond donors (Lipinski definition) is 0. The Labute approximate surface area is 295 Å². The second-order valence-electron chi connectivity index (χ2n) is 12.9. The Morgan fingerprint density at radius 1 is 0.320 bits per heavy atom. The number of aromatic nitrogens is 2. The van der Waals surface area contributed by atoms with Crippen molar-refractivity contribution < 1.29 is 6.85 Å². The highest BCUT2D eigenvalue weighted by atomic mass is 15.0. The third-order valence-corrected chi connectivity index (χ3v) is 10.4. The molecule has 11 rings (SSSR count). The summed E-state index contributed by atoms with van der Waals surface area (Å²) in [7, 11) is 0. The lowest BCUT2D eigenvalue weighted by Gasteiger charge is -2.14. The molecule has 0 amide bonds. The molecule has 2 heteroatoms. The summed E-state index contributed by atoms with van der Waals surface area (Å²) in [6.07, 6.45) is 0. The second-order valence-corrected chi connectivity index (χ2v) is 12.9. The average molecular weight is 640 g/mol. The van der Waals surface area contributed by atoms with Crippen LogP contribution in [0.15, 0.2) is 182 Å². The molecule has 0 bridgehead atoms. The van der Waals surface area contributed by atoms with Gasteiger partial charge in [-0.25, -0.2) is 0 Å². The van der Waals surface area contributed by atoms with E-state index in [0.717, 1.165) is 60.4 Å². The molecule has 2 nitrogen and oxygen atoms in total. The Kier molecular flexibility index (Phi) is 4.76. The third kappa shape index (κ3) is 3.73. The van der Waals surface area contributed by atoms with Gasteiger partial charge in [0.25, 0.3) is 0 Å². The first kappa shape index (κ1) is 22.8. The number of hydrogen-bond acceptors (Lipinski definition) is 0. The van der Waals surface area contributed by atoms with E-state index in [1.54, 1.807) is 0 Å². The van der Waals surface area contributed by atoms with Crippen molar-refractivity contribution in [3.05, 3.63) is 182 Å². The van der Waals surface area contributed by atoms with Crippen LogP contribution in [0.3, 0.4) is 0 Å². The number of benzene rings is 9. The lowest BCUT2D eigenvalue weighted by atomic mass is 9.94. The minimum Gasteiger partial charge on any atom is -0.309 e. The molecule has 50 heavy (non-hydrogen) atoms. The third-order valence-electron chi connectivity index (χ3n) is 10.4. The molecular weight excluding hydrogens is 605 g/mol. The normalized spacial score (nSPS) is 13.4. The van der Waals surface area contributed by atoms with E-state index in [0.29, 0.717) is 0 Å². The molecule has 0 aliphatic carbocycles. The second kappa shape index (κ2) is 10.4. The predicted molar refractivity (Wildman–Crippen MR) is 213 cm³/mol. The van der Waals surface area contributed by atoms with Crippen molar-refractivity contribution in [2.45, 2.75) is 0 Å². The van der Waals surface area contributed by atoms with E-state index in [9.17, 15) is 0 Å². The highest BCUT2D eigenvalue weighted by Crippen LogP contribution is 2.44. The molecule has 2 aromatic heterocycles. The molecule has 0 N–H and O–H groups in total. The number of rotatable bonds is 3. The fourth-order valence-corrected chi connectivity index (χ4v) is 8.40. The summed E-state index contributed by atoms with van der Waals surface area (Å²) in [5.74, 6) is 0. The number of para-hydroxylation sites is 3. The lowest BCUT2D eigenvalue weighted by Crippen LogP contribution is -1.94. The van der Waals surface area contributed by atoms with E-state index in [4.69, 9.17) is 6.85 Å². The SMILES string of the molecule is [2H]c1c([2H])c([2H])c(-n2c3ccccc3c3c(-c4cccc5c4c4ccccc4n5-c4ccc5c6ccccc6c6ccccc6c5c4)cccc32)c([2H])c1[2H]. The van der Waals surface area contributed by atoms with Gasteiger partial charge in [-0.3, -0.25) is 0 Å². The summed E-state index contributed by atoms with van der Waals surface area (Å²) in [5, 5.41) is 11.5. The van der Waals surface area contributed by atoms with Gasteiger partial charge in [0, 0.05) is 32.9 Å². The first-order valence-corrected chi connectivity index (χ1v) is 16.9. The fourth-order valence-electron chi connectivity index (χ4n) is 8.40. The van der Waals surface area contributed by atoms with Crippen LogP contribution in [0.25, 0.3) is 98.4 Å². The molecule has 0 aliphatic heterocycles. The first-order chi connectivity index (χ1) is 26.9. The Morgan fingerprint density at radius 2 is 0.740 bits per heavy atom. The Balaban J connectivity index is 1.22. The van der Waals surface area contributed by atoms with Gasteiger partial charge in [0.1, 0.15) is 0 Å². The minimum atomic E-state index is -0.406. The molecule has 9 aromatic carbocycles. The molecule has 11 aromatic rings.